The van der Waals surface area contributed by atoms with E-state index in [0.717, 1.165) is 28.1 Å². The van der Waals surface area contributed by atoms with E-state index < -0.39 is 0 Å². The van der Waals surface area contributed by atoms with Crippen LogP contribution in [0.2, 0.25) is 5.02 Å². The first-order valence-electron chi connectivity index (χ1n) is 11.1. The van der Waals surface area contributed by atoms with Crippen molar-refractivity contribution in [2.75, 3.05) is 0 Å². The fourth-order valence-electron chi connectivity index (χ4n) is 3.81. The number of hydrogen-bond acceptors (Lipinski definition) is 5. The smallest absolute Gasteiger partial charge is 0.239 e. The molecule has 5 rings (SSSR count). The topological polar surface area (TPSA) is 71.6 Å². The molecule has 1 aliphatic heterocycles. The molecule has 1 N–H and O–H groups in total. The number of para-hydroxylation sites is 1. The third-order valence-corrected chi connectivity index (χ3v) is 6.83. The number of aromatic nitrogens is 2. The number of carbonyl (C=O) groups excluding carboxylic acids is 1. The van der Waals surface area contributed by atoms with E-state index in [1.165, 1.54) is 17.3 Å². The van der Waals surface area contributed by atoms with E-state index >= 15 is 0 Å². The number of benzene rings is 3. The van der Waals surface area contributed by atoms with E-state index in [0.29, 0.717) is 16.6 Å². The summed E-state index contributed by atoms with van der Waals surface area (Å²) in [6.45, 7) is 2.05. The fourth-order valence-corrected chi connectivity index (χ4v) is 4.90. The Hall–Kier alpha value is -3.68. The highest BCUT2D eigenvalue weighted by Gasteiger charge is 2.30. The van der Waals surface area contributed by atoms with Crippen LogP contribution >= 0.6 is 23.4 Å². The van der Waals surface area contributed by atoms with Gasteiger partial charge in [-0.15, -0.1) is 5.10 Å². The molecule has 1 aromatic heterocycles. The molecule has 1 saturated heterocycles. The molecule has 4 aromatic rings. The molecule has 0 radical (unpaired) electrons. The number of halogens is 1. The maximum atomic E-state index is 12.4. The zero-order chi connectivity index (χ0) is 24.2. The Balaban J connectivity index is 1.37. The number of hydrogen-bond donors (Lipinski definition) is 1. The number of nitrogens with one attached hydrogen (secondary N) is 1. The summed E-state index contributed by atoms with van der Waals surface area (Å²) in [4.78, 5) is 12.4. The number of thioether (sulfide) groups is 1. The van der Waals surface area contributed by atoms with Crippen LogP contribution in [0.1, 0.15) is 16.7 Å². The van der Waals surface area contributed by atoms with Crippen LogP contribution in [-0.2, 0) is 11.2 Å². The van der Waals surface area contributed by atoms with Gasteiger partial charge in [0, 0.05) is 22.3 Å². The van der Waals surface area contributed by atoms with E-state index in [9.17, 15) is 4.79 Å². The lowest BCUT2D eigenvalue weighted by molar-refractivity contribution is -0.118. The van der Waals surface area contributed by atoms with Gasteiger partial charge in [-0.1, -0.05) is 83.5 Å². The normalized spacial score (nSPS) is 16.8. The van der Waals surface area contributed by atoms with Gasteiger partial charge in [-0.2, -0.15) is 10.2 Å². The number of carbonyl (C=O) groups is 1. The van der Waals surface area contributed by atoms with Crippen molar-refractivity contribution in [1.82, 2.24) is 15.1 Å². The van der Waals surface area contributed by atoms with Gasteiger partial charge in [0.25, 0.3) is 0 Å². The van der Waals surface area contributed by atoms with Crippen molar-refractivity contribution in [3.63, 3.8) is 0 Å². The number of nitrogens with zero attached hydrogens (tertiary/aromatic N) is 4. The Morgan fingerprint density at radius 2 is 1.89 bits per heavy atom. The summed E-state index contributed by atoms with van der Waals surface area (Å²) >= 11 is 7.47. The van der Waals surface area contributed by atoms with Gasteiger partial charge < -0.3 is 5.32 Å². The van der Waals surface area contributed by atoms with E-state index in [1.54, 1.807) is 6.21 Å². The van der Waals surface area contributed by atoms with Gasteiger partial charge >= 0.3 is 0 Å². The molecule has 1 amide bonds. The molecule has 174 valence electrons. The second kappa shape index (κ2) is 10.3. The Kier molecular flexibility index (Phi) is 6.79. The van der Waals surface area contributed by atoms with Crippen LogP contribution in [0.3, 0.4) is 0 Å². The first-order valence-corrected chi connectivity index (χ1v) is 12.4. The van der Waals surface area contributed by atoms with Crippen molar-refractivity contribution in [3.05, 3.63) is 107 Å². The summed E-state index contributed by atoms with van der Waals surface area (Å²) in [5, 5.41) is 17.1. The van der Waals surface area contributed by atoms with E-state index in [1.807, 2.05) is 90.6 Å². The molecular weight excluding hydrogens is 478 g/mol. The molecule has 1 aliphatic rings. The predicted molar refractivity (Wildman–Crippen MR) is 143 cm³/mol. The molecule has 8 heteroatoms. The number of rotatable bonds is 6. The van der Waals surface area contributed by atoms with Gasteiger partial charge in [-0.25, -0.2) is 4.68 Å². The molecule has 1 unspecified atom stereocenters. The van der Waals surface area contributed by atoms with Gasteiger partial charge in [0.05, 0.1) is 17.2 Å². The zero-order valence-electron chi connectivity index (χ0n) is 18.9. The van der Waals surface area contributed by atoms with E-state index in [4.69, 9.17) is 16.7 Å². The van der Waals surface area contributed by atoms with Crippen molar-refractivity contribution < 1.29 is 4.79 Å². The van der Waals surface area contributed by atoms with Crippen LogP contribution in [0.5, 0.6) is 0 Å². The summed E-state index contributed by atoms with van der Waals surface area (Å²) in [6.07, 6.45) is 4.21. The Morgan fingerprint density at radius 1 is 1.09 bits per heavy atom. The Labute approximate surface area is 212 Å². The second-order valence-corrected chi connectivity index (χ2v) is 9.79. The molecule has 0 bridgehead atoms. The van der Waals surface area contributed by atoms with Crippen LogP contribution in [0.25, 0.3) is 16.9 Å². The molecule has 2 heterocycles. The average Bonchev–Trinajstić information content (AvgIpc) is 3.44. The van der Waals surface area contributed by atoms with Gasteiger partial charge in [-0.3, -0.25) is 4.79 Å². The maximum absolute atomic E-state index is 12.4. The van der Waals surface area contributed by atoms with Crippen molar-refractivity contribution in [2.45, 2.75) is 18.6 Å². The number of amides is 1. The monoisotopic (exact) mass is 499 g/mol. The summed E-state index contributed by atoms with van der Waals surface area (Å²) in [6, 6.07) is 25.6. The fraction of sp³-hybridized carbons (Fsp3) is 0.111. The lowest BCUT2D eigenvalue weighted by Gasteiger charge is -2.05. The van der Waals surface area contributed by atoms with Crippen LogP contribution in [-0.4, -0.2) is 32.3 Å². The van der Waals surface area contributed by atoms with Crippen molar-refractivity contribution in [2.24, 2.45) is 10.2 Å². The summed E-state index contributed by atoms with van der Waals surface area (Å²) in [7, 11) is 0. The number of amidine groups is 1. The maximum Gasteiger partial charge on any atom is 0.239 e. The molecule has 1 atom stereocenters. The quantitative estimate of drug-likeness (QED) is 0.274. The molecule has 6 nitrogen and oxygen atoms in total. The SMILES string of the molecule is Cc1cccc(CC2S/C(=N/N=C/c3cn(-c4ccccc4)nc3-c3ccc(Cl)cc3)NC2=O)c1. The molecule has 35 heavy (non-hydrogen) atoms. The third kappa shape index (κ3) is 5.53. The minimum atomic E-state index is -0.226. The average molecular weight is 500 g/mol. The van der Waals surface area contributed by atoms with Crippen LogP contribution in [0, 0.1) is 6.92 Å². The summed E-state index contributed by atoms with van der Waals surface area (Å²) < 4.78 is 1.81. The van der Waals surface area contributed by atoms with Crippen molar-refractivity contribution in [3.8, 4) is 16.9 Å². The number of aryl methyl sites for hydroxylation is 1. The van der Waals surface area contributed by atoms with Gasteiger partial charge in [-0.05, 0) is 43.2 Å². The van der Waals surface area contributed by atoms with E-state index in [-0.39, 0.29) is 11.2 Å². The first-order chi connectivity index (χ1) is 17.0. The minimum Gasteiger partial charge on any atom is -0.303 e. The Bertz CT molecular complexity index is 1410. The highest BCUT2D eigenvalue weighted by molar-refractivity contribution is 8.15. The standard InChI is InChI=1S/C27H22ClN5OS/c1-18-6-5-7-19(14-18)15-24-26(34)30-27(35-24)31-29-16-21-17-33(23-8-3-2-4-9-23)32-25(21)20-10-12-22(28)13-11-20/h2-14,16-17,24H,15H2,1H3,(H,30,31,34)/b29-16+. The summed E-state index contributed by atoms with van der Waals surface area (Å²) in [5.41, 5.74) is 5.72. The minimum absolute atomic E-state index is 0.0517. The zero-order valence-corrected chi connectivity index (χ0v) is 20.5. The predicted octanol–water partition coefficient (Wildman–Crippen LogP) is 5.67. The highest BCUT2D eigenvalue weighted by atomic mass is 35.5. The lowest BCUT2D eigenvalue weighted by atomic mass is 10.1. The molecule has 1 fully saturated rings. The van der Waals surface area contributed by atoms with Crippen molar-refractivity contribution >= 4 is 40.7 Å². The van der Waals surface area contributed by atoms with Crippen LogP contribution < -0.4 is 5.32 Å². The molecule has 0 saturated carbocycles. The molecular formula is C27H22ClN5OS. The van der Waals surface area contributed by atoms with Gasteiger partial charge in [0.1, 0.15) is 5.69 Å². The lowest BCUT2D eigenvalue weighted by Crippen LogP contribution is -2.25. The molecule has 0 spiro atoms. The van der Waals surface area contributed by atoms with Gasteiger partial charge in [0.15, 0.2) is 5.17 Å². The van der Waals surface area contributed by atoms with Gasteiger partial charge in [0.2, 0.25) is 5.91 Å². The van der Waals surface area contributed by atoms with Crippen LogP contribution in [0.15, 0.2) is 95.3 Å². The van der Waals surface area contributed by atoms with Crippen molar-refractivity contribution in [1.29, 1.82) is 0 Å². The molecule has 3 aromatic carbocycles. The van der Waals surface area contributed by atoms with Crippen LogP contribution in [0.4, 0.5) is 0 Å². The first kappa shape index (κ1) is 23.1. The second-order valence-electron chi connectivity index (χ2n) is 8.16. The van der Waals surface area contributed by atoms with E-state index in [2.05, 4.69) is 21.6 Å². The molecule has 0 aliphatic carbocycles. The Morgan fingerprint density at radius 3 is 2.66 bits per heavy atom. The highest BCUT2D eigenvalue weighted by Crippen LogP contribution is 2.26. The summed E-state index contributed by atoms with van der Waals surface area (Å²) in [5.74, 6) is -0.0517. The third-order valence-electron chi connectivity index (χ3n) is 5.51. The largest absolute Gasteiger partial charge is 0.303 e.